The van der Waals surface area contributed by atoms with Gasteiger partial charge in [-0.3, -0.25) is 19.7 Å². The van der Waals surface area contributed by atoms with Crippen LogP contribution in [0.4, 0.5) is 22.0 Å². The molecule has 3 amide bonds. The maximum absolute atomic E-state index is 13.0. The van der Waals surface area contributed by atoms with Crippen molar-refractivity contribution < 1.29 is 29.6 Å². The van der Waals surface area contributed by atoms with Crippen molar-refractivity contribution in [1.82, 2.24) is 35.2 Å². The molecule has 202 valence electrons. The first-order valence-corrected chi connectivity index (χ1v) is 11.7. The zero-order valence-electron chi connectivity index (χ0n) is 21.3. The molecule has 1 saturated heterocycles. The molecule has 0 aliphatic carbocycles. The van der Waals surface area contributed by atoms with Crippen LogP contribution in [-0.4, -0.2) is 90.0 Å². The number of para-hydroxylation sites is 1. The van der Waals surface area contributed by atoms with Crippen LogP contribution in [0, 0.1) is 5.92 Å². The fourth-order valence-electron chi connectivity index (χ4n) is 4.03. The van der Waals surface area contributed by atoms with E-state index in [0.717, 1.165) is 0 Å². The van der Waals surface area contributed by atoms with Gasteiger partial charge >= 0.3 is 12.1 Å². The maximum Gasteiger partial charge on any atom is 0.369 e. The summed E-state index contributed by atoms with van der Waals surface area (Å²) >= 11 is 0. The number of nitrogens with one attached hydrogen (secondary N) is 2. The van der Waals surface area contributed by atoms with Gasteiger partial charge in [-0.25, -0.2) is 9.78 Å². The second kappa shape index (κ2) is 10.6. The Morgan fingerprint density at radius 3 is 2.58 bits per heavy atom. The van der Waals surface area contributed by atoms with E-state index in [2.05, 4.69) is 25.6 Å². The Bertz CT molecular complexity index is 1340. The van der Waals surface area contributed by atoms with Crippen molar-refractivity contribution in [3.8, 4) is 17.1 Å². The average molecular weight is 528 g/mol. The first-order chi connectivity index (χ1) is 18.0. The van der Waals surface area contributed by atoms with Gasteiger partial charge < -0.3 is 30.3 Å². The summed E-state index contributed by atoms with van der Waals surface area (Å²) < 4.78 is 7.15. The lowest BCUT2D eigenvalue weighted by atomic mass is 10.1. The number of aliphatic hydroxyl groups is 3. The lowest BCUT2D eigenvalue weighted by Gasteiger charge is -2.21. The van der Waals surface area contributed by atoms with Gasteiger partial charge in [-0.05, 0) is 18.1 Å². The van der Waals surface area contributed by atoms with Gasteiger partial charge in [-0.1, -0.05) is 19.9 Å². The molecule has 0 radical (unpaired) electrons. The van der Waals surface area contributed by atoms with Gasteiger partial charge in [0.15, 0.2) is 23.1 Å². The summed E-state index contributed by atoms with van der Waals surface area (Å²) in [5, 5.41) is 44.7. The van der Waals surface area contributed by atoms with E-state index in [1.54, 1.807) is 35.5 Å². The number of amides is 3. The fourth-order valence-corrected chi connectivity index (χ4v) is 4.03. The minimum atomic E-state index is -3.49. The number of carbonyl (C=O) groups excluding carboxylic acids is 2. The molecule has 3 aromatic rings. The van der Waals surface area contributed by atoms with E-state index in [-0.39, 0.29) is 29.1 Å². The SMILES string of the molecule is COc1c(Nc2cc(N3CCN(CC(C)C)C3=O)nnc2C(=O)NC(O)(O)O)cccc1-c1ncn(C)n1. The van der Waals surface area contributed by atoms with E-state index < -0.39 is 12.0 Å². The van der Waals surface area contributed by atoms with Crippen LogP contribution < -0.4 is 20.3 Å². The highest BCUT2D eigenvalue weighted by atomic mass is 16.7. The van der Waals surface area contributed by atoms with Crippen molar-refractivity contribution in [2.24, 2.45) is 13.0 Å². The van der Waals surface area contributed by atoms with E-state index in [0.29, 0.717) is 42.5 Å². The third-order valence-electron chi connectivity index (χ3n) is 5.56. The molecule has 38 heavy (non-hydrogen) atoms. The zero-order chi connectivity index (χ0) is 27.6. The summed E-state index contributed by atoms with van der Waals surface area (Å²) in [5.74, 6) is 0.0554. The smallest absolute Gasteiger partial charge is 0.369 e. The molecule has 2 aromatic heterocycles. The number of ether oxygens (including phenoxy) is 1. The highest BCUT2D eigenvalue weighted by molar-refractivity contribution is 6.00. The Morgan fingerprint density at radius 2 is 1.95 bits per heavy atom. The molecule has 0 saturated carbocycles. The van der Waals surface area contributed by atoms with E-state index in [1.165, 1.54) is 29.1 Å². The first-order valence-electron chi connectivity index (χ1n) is 11.7. The highest BCUT2D eigenvalue weighted by Gasteiger charge is 2.33. The number of hydrogen-bond acceptors (Lipinski definition) is 11. The summed E-state index contributed by atoms with van der Waals surface area (Å²) in [6.07, 6.45) is -1.95. The van der Waals surface area contributed by atoms with E-state index in [4.69, 9.17) is 4.74 Å². The molecule has 1 aliphatic rings. The average Bonchev–Trinajstić information content (AvgIpc) is 3.43. The molecule has 0 bridgehead atoms. The molecular formula is C23H29N9O6. The van der Waals surface area contributed by atoms with Gasteiger partial charge in [0.1, 0.15) is 6.33 Å². The van der Waals surface area contributed by atoms with E-state index in [9.17, 15) is 24.9 Å². The Balaban J connectivity index is 1.74. The quantitative estimate of drug-likeness (QED) is 0.240. The van der Waals surface area contributed by atoms with E-state index in [1.807, 2.05) is 13.8 Å². The van der Waals surface area contributed by atoms with Crippen molar-refractivity contribution in [3.63, 3.8) is 0 Å². The van der Waals surface area contributed by atoms with Crippen LogP contribution in [0.1, 0.15) is 24.3 Å². The predicted molar refractivity (Wildman–Crippen MR) is 134 cm³/mol. The third kappa shape index (κ3) is 5.80. The number of aromatic nitrogens is 5. The van der Waals surface area contributed by atoms with Crippen molar-refractivity contribution >= 4 is 29.1 Å². The predicted octanol–water partition coefficient (Wildman–Crippen LogP) is 0.240. The largest absolute Gasteiger partial charge is 0.494 e. The molecule has 15 heteroatoms. The topological polar surface area (TPSA) is 191 Å². The molecule has 0 unspecified atom stereocenters. The molecule has 3 heterocycles. The number of benzene rings is 1. The molecule has 4 rings (SSSR count). The van der Waals surface area contributed by atoms with E-state index >= 15 is 0 Å². The van der Waals surface area contributed by atoms with Crippen LogP contribution in [0.2, 0.25) is 0 Å². The number of urea groups is 1. The normalized spacial score (nSPS) is 13.8. The summed E-state index contributed by atoms with van der Waals surface area (Å²) in [7, 11) is 3.19. The van der Waals surface area contributed by atoms with Gasteiger partial charge in [0, 0.05) is 32.7 Å². The fraction of sp³-hybridized carbons (Fsp3) is 0.391. The Kier molecular flexibility index (Phi) is 7.43. The van der Waals surface area contributed by atoms with Crippen molar-refractivity contribution in [3.05, 3.63) is 36.3 Å². The number of nitrogens with zero attached hydrogens (tertiary/aromatic N) is 7. The van der Waals surface area contributed by atoms with Crippen LogP contribution in [0.3, 0.4) is 0 Å². The number of hydrogen-bond donors (Lipinski definition) is 5. The van der Waals surface area contributed by atoms with Gasteiger partial charge in [0.2, 0.25) is 0 Å². The van der Waals surface area contributed by atoms with Crippen LogP contribution in [0.15, 0.2) is 30.6 Å². The molecule has 1 fully saturated rings. The van der Waals surface area contributed by atoms with Crippen molar-refractivity contribution in [1.29, 1.82) is 0 Å². The highest BCUT2D eigenvalue weighted by Crippen LogP contribution is 2.37. The second-order valence-electron chi connectivity index (χ2n) is 9.08. The minimum absolute atomic E-state index is 0.0521. The van der Waals surface area contributed by atoms with Crippen LogP contribution in [-0.2, 0) is 7.05 Å². The van der Waals surface area contributed by atoms with Gasteiger partial charge in [0.05, 0.1) is 24.0 Å². The maximum atomic E-state index is 13.0. The van der Waals surface area contributed by atoms with Crippen molar-refractivity contribution in [2.75, 3.05) is 37.0 Å². The third-order valence-corrected chi connectivity index (χ3v) is 5.56. The molecule has 15 nitrogen and oxygen atoms in total. The molecule has 0 spiro atoms. The molecule has 1 aromatic carbocycles. The molecule has 1 aliphatic heterocycles. The van der Waals surface area contributed by atoms with Gasteiger partial charge in [-0.15, -0.1) is 10.2 Å². The summed E-state index contributed by atoms with van der Waals surface area (Å²) in [5.41, 5.74) is 0.619. The first kappa shape index (κ1) is 26.7. The monoisotopic (exact) mass is 527 g/mol. The Hall–Kier alpha value is -4.34. The second-order valence-corrected chi connectivity index (χ2v) is 9.08. The lowest BCUT2D eigenvalue weighted by molar-refractivity contribution is -0.323. The Labute approximate surface area is 217 Å². The molecular weight excluding hydrogens is 498 g/mol. The molecule has 5 N–H and O–H groups in total. The number of methoxy groups -OCH3 is 1. The van der Waals surface area contributed by atoms with Crippen LogP contribution >= 0.6 is 0 Å². The zero-order valence-corrected chi connectivity index (χ0v) is 21.3. The number of anilines is 3. The number of rotatable bonds is 9. The van der Waals surface area contributed by atoms with Crippen LogP contribution in [0.5, 0.6) is 5.75 Å². The minimum Gasteiger partial charge on any atom is -0.494 e. The van der Waals surface area contributed by atoms with Crippen molar-refractivity contribution in [2.45, 2.75) is 19.9 Å². The van der Waals surface area contributed by atoms with Gasteiger partial charge in [-0.2, -0.15) is 5.10 Å². The summed E-state index contributed by atoms with van der Waals surface area (Å²) in [4.78, 5) is 33.1. The summed E-state index contributed by atoms with van der Waals surface area (Å²) in [6.45, 7) is 5.46. The number of aryl methyl sites for hydroxylation is 1. The lowest BCUT2D eigenvalue weighted by Crippen LogP contribution is -2.48. The standard InChI is InChI=1S/C23H29N9O6/c1-13(2)11-31-8-9-32(22(31)34)17-10-16(18(28-27-17)21(33)26-23(35,36)37)25-15-7-5-6-14(19(15)38-4)20-24-12-30(3)29-20/h5-7,10,12-13,35-37H,8-9,11H2,1-4H3,(H,25,27)(H,26,33). The van der Waals surface area contributed by atoms with Crippen LogP contribution in [0.25, 0.3) is 11.4 Å². The molecule has 0 atom stereocenters. The van der Waals surface area contributed by atoms with Gasteiger partial charge in [0.25, 0.3) is 5.91 Å². The number of carbonyl (C=O) groups is 2. The Morgan fingerprint density at radius 1 is 1.18 bits per heavy atom. The summed E-state index contributed by atoms with van der Waals surface area (Å²) in [6, 6.07) is 6.33.